The summed E-state index contributed by atoms with van der Waals surface area (Å²) in [4.78, 5) is 4.69. The predicted octanol–water partition coefficient (Wildman–Crippen LogP) is 5.85. The molecule has 0 radical (unpaired) electrons. The number of rotatable bonds is 8. The first-order chi connectivity index (χ1) is 13.2. The van der Waals surface area contributed by atoms with E-state index in [0.717, 1.165) is 39.6 Å². The molecule has 0 aliphatic rings. The number of aryl methyl sites for hydroxylation is 1. The molecule has 0 saturated heterocycles. The van der Waals surface area contributed by atoms with Gasteiger partial charge in [0.25, 0.3) is 0 Å². The van der Waals surface area contributed by atoms with Crippen LogP contribution >= 0.6 is 0 Å². The van der Waals surface area contributed by atoms with E-state index in [1.807, 2.05) is 43.3 Å². The van der Waals surface area contributed by atoms with Crippen LogP contribution in [0.15, 0.2) is 86.0 Å². The van der Waals surface area contributed by atoms with Crippen LogP contribution in [-0.2, 0) is 0 Å². The summed E-state index contributed by atoms with van der Waals surface area (Å²) in [6.45, 7) is 10.3. The lowest BCUT2D eigenvalue weighted by Crippen LogP contribution is -1.94. The molecule has 0 N–H and O–H groups in total. The van der Waals surface area contributed by atoms with E-state index in [2.05, 4.69) is 42.4 Å². The lowest BCUT2D eigenvalue weighted by Gasteiger charge is -2.10. The molecule has 0 fully saturated rings. The van der Waals surface area contributed by atoms with E-state index in [-0.39, 0.29) is 0 Å². The molecule has 1 heterocycles. The minimum absolute atomic E-state index is 0.499. The summed E-state index contributed by atoms with van der Waals surface area (Å²) < 4.78 is 11.1. The summed E-state index contributed by atoms with van der Waals surface area (Å²) in [6.07, 6.45) is 3.47. The van der Waals surface area contributed by atoms with Crippen molar-refractivity contribution in [2.45, 2.75) is 6.92 Å². The maximum absolute atomic E-state index is 5.55. The van der Waals surface area contributed by atoms with Crippen LogP contribution in [0, 0.1) is 6.92 Å². The van der Waals surface area contributed by atoms with Gasteiger partial charge < -0.3 is 9.47 Å². The monoisotopic (exact) mass is 357 g/mol. The SMILES string of the molecule is C=CCOc1ccc(-c2cc(C)nc(-c3ccc(OCC=C)cc3)c2)cc1. The fourth-order valence-corrected chi connectivity index (χ4v) is 2.76. The van der Waals surface area contributed by atoms with Crippen molar-refractivity contribution in [2.24, 2.45) is 0 Å². The van der Waals surface area contributed by atoms with Crippen LogP contribution in [0.5, 0.6) is 11.5 Å². The van der Waals surface area contributed by atoms with E-state index in [9.17, 15) is 0 Å². The van der Waals surface area contributed by atoms with Crippen LogP contribution in [0.3, 0.4) is 0 Å². The van der Waals surface area contributed by atoms with Gasteiger partial charge in [-0.15, -0.1) is 0 Å². The zero-order valence-corrected chi connectivity index (χ0v) is 15.5. The Labute approximate surface area is 160 Å². The molecule has 3 nitrogen and oxygen atoms in total. The number of hydrogen-bond donors (Lipinski definition) is 0. The van der Waals surface area contributed by atoms with Crippen molar-refractivity contribution >= 4 is 0 Å². The molecule has 3 heteroatoms. The largest absolute Gasteiger partial charge is 0.490 e. The summed E-state index contributed by atoms with van der Waals surface area (Å²) in [5.41, 5.74) is 5.21. The van der Waals surface area contributed by atoms with Gasteiger partial charge in [0.05, 0.1) is 5.69 Å². The van der Waals surface area contributed by atoms with E-state index in [0.29, 0.717) is 13.2 Å². The molecule has 0 saturated carbocycles. The highest BCUT2D eigenvalue weighted by molar-refractivity contribution is 5.71. The average Bonchev–Trinajstić information content (AvgIpc) is 2.71. The van der Waals surface area contributed by atoms with Crippen LogP contribution in [0.4, 0.5) is 0 Å². The van der Waals surface area contributed by atoms with Gasteiger partial charge in [-0.1, -0.05) is 37.4 Å². The molecule has 3 rings (SSSR count). The van der Waals surface area contributed by atoms with Crippen LogP contribution in [0.2, 0.25) is 0 Å². The van der Waals surface area contributed by atoms with Crippen LogP contribution < -0.4 is 9.47 Å². The second kappa shape index (κ2) is 8.86. The van der Waals surface area contributed by atoms with Gasteiger partial charge in [0.2, 0.25) is 0 Å². The predicted molar refractivity (Wildman–Crippen MR) is 111 cm³/mol. The fourth-order valence-electron chi connectivity index (χ4n) is 2.76. The topological polar surface area (TPSA) is 31.4 Å². The molecule has 2 aromatic carbocycles. The van der Waals surface area contributed by atoms with Gasteiger partial charge in [-0.05, 0) is 66.6 Å². The maximum Gasteiger partial charge on any atom is 0.119 e. The third kappa shape index (κ3) is 4.85. The average molecular weight is 357 g/mol. The lowest BCUT2D eigenvalue weighted by molar-refractivity contribution is 0.363. The quantitative estimate of drug-likeness (QED) is 0.474. The molecule has 1 aromatic heterocycles. The zero-order valence-electron chi connectivity index (χ0n) is 15.5. The molecule has 3 aromatic rings. The summed E-state index contributed by atoms with van der Waals surface area (Å²) in [5.74, 6) is 1.65. The van der Waals surface area contributed by atoms with Crippen molar-refractivity contribution in [3.63, 3.8) is 0 Å². The van der Waals surface area contributed by atoms with Crippen LogP contribution in [0.25, 0.3) is 22.4 Å². The molecule has 0 unspecified atom stereocenters. The molecular weight excluding hydrogens is 334 g/mol. The molecule has 27 heavy (non-hydrogen) atoms. The molecule has 0 aliphatic carbocycles. The van der Waals surface area contributed by atoms with E-state index in [1.165, 1.54) is 0 Å². The van der Waals surface area contributed by atoms with E-state index >= 15 is 0 Å². The van der Waals surface area contributed by atoms with Crippen molar-refractivity contribution in [1.29, 1.82) is 0 Å². The van der Waals surface area contributed by atoms with Crippen molar-refractivity contribution in [1.82, 2.24) is 4.98 Å². The lowest BCUT2D eigenvalue weighted by atomic mass is 10.0. The summed E-state index contributed by atoms with van der Waals surface area (Å²) in [5, 5.41) is 0. The van der Waals surface area contributed by atoms with Crippen molar-refractivity contribution in [2.75, 3.05) is 13.2 Å². The Hall–Kier alpha value is -3.33. The number of ether oxygens (including phenoxy) is 2. The van der Waals surface area contributed by atoms with E-state index in [1.54, 1.807) is 12.2 Å². The summed E-state index contributed by atoms with van der Waals surface area (Å²) >= 11 is 0. The van der Waals surface area contributed by atoms with Crippen molar-refractivity contribution in [3.05, 3.63) is 91.7 Å². The second-order valence-corrected chi connectivity index (χ2v) is 6.13. The first-order valence-corrected chi connectivity index (χ1v) is 8.86. The molecule has 0 aliphatic heterocycles. The third-order valence-electron chi connectivity index (χ3n) is 4.03. The highest BCUT2D eigenvalue weighted by Crippen LogP contribution is 2.28. The number of nitrogens with zero attached hydrogens (tertiary/aromatic N) is 1. The normalized spacial score (nSPS) is 10.3. The van der Waals surface area contributed by atoms with Gasteiger partial charge in [0.1, 0.15) is 24.7 Å². The highest BCUT2D eigenvalue weighted by atomic mass is 16.5. The van der Waals surface area contributed by atoms with Gasteiger partial charge in [-0.2, -0.15) is 0 Å². The van der Waals surface area contributed by atoms with E-state index in [4.69, 9.17) is 9.47 Å². The van der Waals surface area contributed by atoms with Gasteiger partial charge in [0, 0.05) is 11.3 Å². The molecular formula is C24H23NO2. The third-order valence-corrected chi connectivity index (χ3v) is 4.03. The van der Waals surface area contributed by atoms with Gasteiger partial charge in [-0.25, -0.2) is 0 Å². The van der Waals surface area contributed by atoms with Gasteiger partial charge >= 0.3 is 0 Å². The summed E-state index contributed by atoms with van der Waals surface area (Å²) in [7, 11) is 0. The van der Waals surface area contributed by atoms with Gasteiger partial charge in [0.15, 0.2) is 0 Å². The second-order valence-electron chi connectivity index (χ2n) is 6.13. The first-order valence-electron chi connectivity index (χ1n) is 8.86. The fraction of sp³-hybridized carbons (Fsp3) is 0.125. The smallest absolute Gasteiger partial charge is 0.119 e. The number of pyridine rings is 1. The van der Waals surface area contributed by atoms with E-state index < -0.39 is 0 Å². The number of hydrogen-bond acceptors (Lipinski definition) is 3. The molecule has 0 amide bonds. The highest BCUT2D eigenvalue weighted by Gasteiger charge is 2.06. The maximum atomic E-state index is 5.55. The Morgan fingerprint density at radius 3 is 1.78 bits per heavy atom. The Bertz CT molecular complexity index is 838. The zero-order chi connectivity index (χ0) is 19.1. The van der Waals surface area contributed by atoms with Crippen LogP contribution in [0.1, 0.15) is 5.69 Å². The molecule has 0 spiro atoms. The number of benzene rings is 2. The van der Waals surface area contributed by atoms with Crippen molar-refractivity contribution < 1.29 is 9.47 Å². The Morgan fingerprint density at radius 2 is 1.26 bits per heavy atom. The van der Waals surface area contributed by atoms with Crippen molar-refractivity contribution in [3.8, 4) is 33.9 Å². The molecule has 136 valence electrons. The molecule has 0 atom stereocenters. The Balaban J connectivity index is 1.85. The van der Waals surface area contributed by atoms with Crippen LogP contribution in [-0.4, -0.2) is 18.2 Å². The Kier molecular flexibility index (Phi) is 6.06. The standard InChI is InChI=1S/C24H23NO2/c1-4-14-26-22-10-6-19(7-11-22)21-16-18(3)25-24(17-21)20-8-12-23(13-9-20)27-15-5-2/h4-13,16-17H,1-2,14-15H2,3H3. The Morgan fingerprint density at radius 1 is 0.741 bits per heavy atom. The van der Waals surface area contributed by atoms with Gasteiger partial charge in [-0.3, -0.25) is 4.98 Å². The molecule has 0 bridgehead atoms. The minimum atomic E-state index is 0.499. The number of aromatic nitrogens is 1. The summed E-state index contributed by atoms with van der Waals surface area (Å²) in [6, 6.07) is 20.2. The first kappa shape index (κ1) is 18.5. The minimum Gasteiger partial charge on any atom is -0.490 e.